The van der Waals surface area contributed by atoms with E-state index < -0.39 is 0 Å². The summed E-state index contributed by atoms with van der Waals surface area (Å²) < 4.78 is 0. The van der Waals surface area contributed by atoms with Crippen LogP contribution in [0.25, 0.3) is 0 Å². The van der Waals surface area contributed by atoms with Crippen LogP contribution in [0.4, 0.5) is 5.69 Å². The summed E-state index contributed by atoms with van der Waals surface area (Å²) in [6.45, 7) is 1.08. The first-order valence-electron chi connectivity index (χ1n) is 6.47. The van der Waals surface area contributed by atoms with E-state index in [2.05, 4.69) is 10.6 Å². The second-order valence-corrected chi connectivity index (χ2v) is 4.98. The van der Waals surface area contributed by atoms with Crippen LogP contribution in [0.1, 0.15) is 36.0 Å². The molecule has 3 nitrogen and oxygen atoms in total. The van der Waals surface area contributed by atoms with Crippen molar-refractivity contribution in [3.8, 4) is 0 Å². The molecule has 0 aliphatic carbocycles. The quantitative estimate of drug-likeness (QED) is 0.777. The third-order valence-corrected chi connectivity index (χ3v) is 3.81. The number of hydrogen-bond donors (Lipinski definition) is 2. The molecule has 0 amide bonds. The average Bonchev–Trinajstić information content (AvgIpc) is 2.40. The number of para-hydroxylation sites is 1. The average molecular weight is 230 g/mol. The topological polar surface area (TPSA) is 41.1 Å². The van der Waals surface area contributed by atoms with Gasteiger partial charge in [0.1, 0.15) is 0 Å². The van der Waals surface area contributed by atoms with E-state index >= 15 is 0 Å². The van der Waals surface area contributed by atoms with Crippen molar-refractivity contribution in [2.24, 2.45) is 0 Å². The largest absolute Gasteiger partial charge is 0.380 e. The lowest BCUT2D eigenvalue weighted by atomic mass is 9.89. The fraction of sp³-hybridized carbons (Fsp3) is 0.500. The fourth-order valence-corrected chi connectivity index (χ4v) is 2.88. The second kappa shape index (κ2) is 4.49. The molecule has 0 aromatic heterocycles. The van der Waals surface area contributed by atoms with Crippen molar-refractivity contribution in [2.75, 3.05) is 11.9 Å². The van der Waals surface area contributed by atoms with E-state index in [0.717, 1.165) is 17.8 Å². The monoisotopic (exact) mass is 230 g/mol. The van der Waals surface area contributed by atoms with Gasteiger partial charge in [-0.15, -0.1) is 0 Å². The summed E-state index contributed by atoms with van der Waals surface area (Å²) in [5, 5.41) is 7.04. The molecule has 0 spiro atoms. The summed E-state index contributed by atoms with van der Waals surface area (Å²) in [4.78, 5) is 12.1. The van der Waals surface area contributed by atoms with Crippen molar-refractivity contribution in [1.82, 2.24) is 5.32 Å². The van der Waals surface area contributed by atoms with Gasteiger partial charge >= 0.3 is 0 Å². The Bertz CT molecular complexity index is 424. The van der Waals surface area contributed by atoms with Crippen molar-refractivity contribution in [2.45, 2.75) is 37.8 Å². The van der Waals surface area contributed by atoms with E-state index in [9.17, 15) is 4.79 Å². The van der Waals surface area contributed by atoms with Gasteiger partial charge in [0.2, 0.25) is 0 Å². The summed E-state index contributed by atoms with van der Waals surface area (Å²) in [5.41, 5.74) is 1.85. The summed E-state index contributed by atoms with van der Waals surface area (Å²) in [6, 6.07) is 8.53. The lowest BCUT2D eigenvalue weighted by molar-refractivity contribution is 0.0964. The highest BCUT2D eigenvalue weighted by molar-refractivity contribution is 6.03. The molecular weight excluding hydrogens is 212 g/mol. The molecule has 1 saturated heterocycles. The van der Waals surface area contributed by atoms with Gasteiger partial charge in [-0.25, -0.2) is 0 Å². The Morgan fingerprint density at radius 3 is 2.82 bits per heavy atom. The molecule has 3 rings (SSSR count). The van der Waals surface area contributed by atoms with Gasteiger partial charge in [0.25, 0.3) is 0 Å². The molecule has 1 aromatic carbocycles. The molecule has 2 aliphatic heterocycles. The van der Waals surface area contributed by atoms with E-state index in [4.69, 9.17) is 0 Å². The predicted octanol–water partition coefficient (Wildman–Crippen LogP) is 2.20. The van der Waals surface area contributed by atoms with Crippen LogP contribution in [0.5, 0.6) is 0 Å². The van der Waals surface area contributed by atoms with Gasteiger partial charge in [-0.1, -0.05) is 18.6 Å². The summed E-state index contributed by atoms with van der Waals surface area (Å²) in [5.74, 6) is 0.275. The molecule has 2 heterocycles. The minimum Gasteiger partial charge on any atom is -0.380 e. The molecule has 1 aromatic rings. The van der Waals surface area contributed by atoms with Crippen molar-refractivity contribution in [3.63, 3.8) is 0 Å². The molecular formula is C14H18N2O. The molecule has 2 N–H and O–H groups in total. The first-order chi connectivity index (χ1) is 8.34. The van der Waals surface area contributed by atoms with Gasteiger partial charge in [-0.2, -0.15) is 0 Å². The number of ketones is 1. The number of Topliss-reactive ketones (excluding diaryl/α,β-unsaturated/α-hetero) is 1. The second-order valence-electron chi connectivity index (χ2n) is 4.98. The van der Waals surface area contributed by atoms with Gasteiger partial charge in [-0.3, -0.25) is 4.79 Å². The third-order valence-electron chi connectivity index (χ3n) is 3.81. The molecule has 0 saturated carbocycles. The first kappa shape index (κ1) is 10.8. The van der Waals surface area contributed by atoms with Gasteiger partial charge in [-0.05, 0) is 31.5 Å². The molecule has 2 atom stereocenters. The number of hydrogen-bond acceptors (Lipinski definition) is 3. The number of nitrogens with one attached hydrogen (secondary N) is 2. The first-order valence-corrected chi connectivity index (χ1v) is 6.47. The number of piperidine rings is 1. The van der Waals surface area contributed by atoms with Crippen molar-refractivity contribution >= 4 is 11.5 Å². The molecule has 3 heteroatoms. The molecule has 2 aliphatic rings. The van der Waals surface area contributed by atoms with Crippen LogP contribution in [0, 0.1) is 0 Å². The predicted molar refractivity (Wildman–Crippen MR) is 68.4 cm³/mol. The van der Waals surface area contributed by atoms with Crippen LogP contribution >= 0.6 is 0 Å². The van der Waals surface area contributed by atoms with Crippen LogP contribution in [0.15, 0.2) is 24.3 Å². The Balaban J connectivity index is 1.80. The zero-order chi connectivity index (χ0) is 11.7. The number of carbonyl (C=O) groups is 1. The normalized spacial score (nSPS) is 28.4. The van der Waals surface area contributed by atoms with Crippen molar-refractivity contribution in [1.29, 1.82) is 0 Å². The Kier molecular flexibility index (Phi) is 2.85. The number of benzene rings is 1. The minimum absolute atomic E-state index is 0.262. The molecule has 2 unspecified atom stereocenters. The highest BCUT2D eigenvalue weighted by Gasteiger charge is 2.30. The SMILES string of the molecule is O=C1CC(C2CCCCN2)Nc2ccccc21. The maximum atomic E-state index is 12.1. The summed E-state index contributed by atoms with van der Waals surface area (Å²) in [6.07, 6.45) is 4.32. The Morgan fingerprint density at radius 1 is 1.12 bits per heavy atom. The smallest absolute Gasteiger partial charge is 0.167 e. The minimum atomic E-state index is 0.262. The lowest BCUT2D eigenvalue weighted by Gasteiger charge is -2.35. The third kappa shape index (κ3) is 2.07. The number of fused-ring (bicyclic) bond motifs is 1. The highest BCUT2D eigenvalue weighted by atomic mass is 16.1. The molecule has 1 fully saturated rings. The van der Waals surface area contributed by atoms with Gasteiger partial charge in [0.15, 0.2) is 5.78 Å². The highest BCUT2D eigenvalue weighted by Crippen LogP contribution is 2.27. The van der Waals surface area contributed by atoms with E-state index in [1.165, 1.54) is 19.3 Å². The summed E-state index contributed by atoms with van der Waals surface area (Å²) in [7, 11) is 0. The molecule has 90 valence electrons. The van der Waals surface area contributed by atoms with Crippen LogP contribution in [-0.4, -0.2) is 24.4 Å². The van der Waals surface area contributed by atoms with Crippen molar-refractivity contribution in [3.05, 3.63) is 29.8 Å². The van der Waals surface area contributed by atoms with E-state index in [0.29, 0.717) is 12.5 Å². The Hall–Kier alpha value is -1.35. The standard InChI is InChI=1S/C14H18N2O/c17-14-9-13(12-7-3-4-8-15-12)16-11-6-2-1-5-10(11)14/h1-2,5-6,12-13,15-16H,3-4,7-9H2. The molecule has 0 bridgehead atoms. The maximum Gasteiger partial charge on any atom is 0.167 e. The van der Waals surface area contributed by atoms with Crippen LogP contribution < -0.4 is 10.6 Å². The number of anilines is 1. The van der Waals surface area contributed by atoms with E-state index in [-0.39, 0.29) is 11.8 Å². The van der Waals surface area contributed by atoms with Gasteiger partial charge < -0.3 is 10.6 Å². The molecule has 0 radical (unpaired) electrons. The lowest BCUT2D eigenvalue weighted by Crippen LogP contribution is -2.49. The van der Waals surface area contributed by atoms with Gasteiger partial charge in [0, 0.05) is 29.8 Å². The van der Waals surface area contributed by atoms with Crippen LogP contribution in [-0.2, 0) is 0 Å². The Labute approximate surface area is 102 Å². The van der Waals surface area contributed by atoms with Crippen LogP contribution in [0.2, 0.25) is 0 Å². The summed E-state index contributed by atoms with van der Waals surface area (Å²) >= 11 is 0. The fourth-order valence-electron chi connectivity index (χ4n) is 2.88. The maximum absolute atomic E-state index is 12.1. The number of rotatable bonds is 1. The molecule has 17 heavy (non-hydrogen) atoms. The Morgan fingerprint density at radius 2 is 2.00 bits per heavy atom. The van der Waals surface area contributed by atoms with Crippen LogP contribution in [0.3, 0.4) is 0 Å². The van der Waals surface area contributed by atoms with Crippen molar-refractivity contribution < 1.29 is 4.79 Å². The zero-order valence-electron chi connectivity index (χ0n) is 9.91. The number of carbonyl (C=O) groups excluding carboxylic acids is 1. The van der Waals surface area contributed by atoms with E-state index in [1.54, 1.807) is 0 Å². The van der Waals surface area contributed by atoms with E-state index in [1.807, 2.05) is 24.3 Å². The van der Waals surface area contributed by atoms with Gasteiger partial charge in [0.05, 0.1) is 0 Å². The zero-order valence-corrected chi connectivity index (χ0v) is 9.91.